The van der Waals surface area contributed by atoms with Gasteiger partial charge in [0.1, 0.15) is 0 Å². The molecule has 1 N–H and O–H groups in total. The molecule has 0 spiro atoms. The molecule has 0 radical (unpaired) electrons. The van der Waals surface area contributed by atoms with Crippen molar-refractivity contribution in [3.63, 3.8) is 0 Å². The molecular formula is C15H22O2. The third-order valence-corrected chi connectivity index (χ3v) is 3.77. The summed E-state index contributed by atoms with van der Waals surface area (Å²) < 4.78 is 0. The zero-order valence-corrected chi connectivity index (χ0v) is 10.9. The maximum atomic E-state index is 11.3. The third kappa shape index (κ3) is 3.58. The van der Waals surface area contributed by atoms with E-state index in [-0.39, 0.29) is 5.92 Å². The quantitative estimate of drug-likeness (QED) is 0.813. The van der Waals surface area contributed by atoms with E-state index >= 15 is 0 Å². The number of carboxylic acid groups (broad SMARTS) is 1. The first kappa shape index (κ1) is 13.8. The van der Waals surface area contributed by atoms with E-state index < -0.39 is 11.4 Å². The lowest BCUT2D eigenvalue weighted by atomic mass is 9.75. The second kappa shape index (κ2) is 5.85. The van der Waals surface area contributed by atoms with Crippen molar-refractivity contribution in [3.8, 4) is 0 Å². The normalized spacial score (nSPS) is 14.6. The average Bonchev–Trinajstić information content (AvgIpc) is 2.29. The van der Waals surface area contributed by atoms with Gasteiger partial charge in [-0.1, -0.05) is 44.2 Å². The van der Waals surface area contributed by atoms with E-state index in [4.69, 9.17) is 0 Å². The minimum atomic E-state index is -0.680. The predicted octanol–water partition coefficient (Wildman–Crippen LogP) is 3.76. The number of carboxylic acids is 1. The standard InChI is InChI=1S/C15H22O2/c1-12(2)15(3,14(16)17)11-7-10-13-8-5-4-6-9-13/h4-6,8-9,12H,7,10-11H2,1-3H3,(H,16,17). The Kier molecular flexibility index (Phi) is 4.73. The highest BCUT2D eigenvalue weighted by Gasteiger charge is 2.35. The Balaban J connectivity index is 2.52. The number of aryl methyl sites for hydroxylation is 1. The lowest BCUT2D eigenvalue weighted by molar-refractivity contribution is -0.151. The van der Waals surface area contributed by atoms with Gasteiger partial charge in [0.25, 0.3) is 0 Å². The van der Waals surface area contributed by atoms with Crippen molar-refractivity contribution < 1.29 is 9.90 Å². The molecule has 0 aromatic heterocycles. The highest BCUT2D eigenvalue weighted by atomic mass is 16.4. The summed E-state index contributed by atoms with van der Waals surface area (Å²) in [5.41, 5.74) is 0.679. The van der Waals surface area contributed by atoms with Crippen molar-refractivity contribution in [1.29, 1.82) is 0 Å². The molecular weight excluding hydrogens is 212 g/mol. The van der Waals surface area contributed by atoms with Gasteiger partial charge in [-0.05, 0) is 37.7 Å². The zero-order chi connectivity index (χ0) is 12.9. The number of carbonyl (C=O) groups is 1. The van der Waals surface area contributed by atoms with E-state index in [1.807, 2.05) is 39.0 Å². The molecule has 17 heavy (non-hydrogen) atoms. The minimum Gasteiger partial charge on any atom is -0.481 e. The van der Waals surface area contributed by atoms with Gasteiger partial charge in [-0.2, -0.15) is 0 Å². The van der Waals surface area contributed by atoms with Gasteiger partial charge >= 0.3 is 5.97 Å². The van der Waals surface area contributed by atoms with Gasteiger partial charge in [-0.15, -0.1) is 0 Å². The molecule has 1 aromatic rings. The summed E-state index contributed by atoms with van der Waals surface area (Å²) in [6.07, 6.45) is 2.61. The molecule has 1 aromatic carbocycles. The van der Waals surface area contributed by atoms with Crippen LogP contribution < -0.4 is 0 Å². The fourth-order valence-electron chi connectivity index (χ4n) is 1.95. The van der Waals surface area contributed by atoms with Crippen LogP contribution in [0.15, 0.2) is 30.3 Å². The monoisotopic (exact) mass is 234 g/mol. The molecule has 2 heteroatoms. The summed E-state index contributed by atoms with van der Waals surface area (Å²) in [4.78, 5) is 11.3. The molecule has 2 nitrogen and oxygen atoms in total. The van der Waals surface area contributed by atoms with Crippen LogP contribution in [0.4, 0.5) is 0 Å². The number of hydrogen-bond acceptors (Lipinski definition) is 1. The Morgan fingerprint density at radius 2 is 1.88 bits per heavy atom. The van der Waals surface area contributed by atoms with Gasteiger partial charge in [0, 0.05) is 0 Å². The van der Waals surface area contributed by atoms with Gasteiger partial charge in [0.15, 0.2) is 0 Å². The van der Waals surface area contributed by atoms with E-state index in [0.717, 1.165) is 19.3 Å². The largest absolute Gasteiger partial charge is 0.481 e. The predicted molar refractivity (Wildman–Crippen MR) is 70.0 cm³/mol. The third-order valence-electron chi connectivity index (χ3n) is 3.77. The van der Waals surface area contributed by atoms with Gasteiger partial charge in [-0.3, -0.25) is 4.79 Å². The van der Waals surface area contributed by atoms with Crippen LogP contribution in [0, 0.1) is 11.3 Å². The summed E-state index contributed by atoms with van der Waals surface area (Å²) in [5, 5.41) is 9.30. The maximum absolute atomic E-state index is 11.3. The number of hydrogen-bond donors (Lipinski definition) is 1. The van der Waals surface area contributed by atoms with Crippen LogP contribution in [0.3, 0.4) is 0 Å². The minimum absolute atomic E-state index is 0.163. The van der Waals surface area contributed by atoms with Crippen molar-refractivity contribution in [1.82, 2.24) is 0 Å². The van der Waals surface area contributed by atoms with Crippen molar-refractivity contribution in [2.24, 2.45) is 11.3 Å². The van der Waals surface area contributed by atoms with E-state index in [1.54, 1.807) is 0 Å². The summed E-state index contributed by atoms with van der Waals surface area (Å²) in [6.45, 7) is 5.82. The first-order chi connectivity index (χ1) is 7.97. The Morgan fingerprint density at radius 1 is 1.29 bits per heavy atom. The average molecular weight is 234 g/mol. The van der Waals surface area contributed by atoms with Gasteiger partial charge < -0.3 is 5.11 Å². The number of aliphatic carboxylic acids is 1. The molecule has 1 unspecified atom stereocenters. The van der Waals surface area contributed by atoms with Crippen LogP contribution in [-0.4, -0.2) is 11.1 Å². The fraction of sp³-hybridized carbons (Fsp3) is 0.533. The molecule has 0 aliphatic carbocycles. The molecule has 0 heterocycles. The summed E-state index contributed by atoms with van der Waals surface area (Å²) in [7, 11) is 0. The number of benzene rings is 1. The molecule has 0 aliphatic rings. The van der Waals surface area contributed by atoms with Crippen LogP contribution in [-0.2, 0) is 11.2 Å². The molecule has 1 rings (SSSR count). The lowest BCUT2D eigenvalue weighted by Gasteiger charge is -2.29. The van der Waals surface area contributed by atoms with Gasteiger partial charge in [0.05, 0.1) is 5.41 Å². The molecule has 0 saturated carbocycles. The molecule has 0 amide bonds. The van der Waals surface area contributed by atoms with Gasteiger partial charge in [-0.25, -0.2) is 0 Å². The Bertz CT molecular complexity index is 356. The second-order valence-corrected chi connectivity index (χ2v) is 5.22. The molecule has 0 saturated heterocycles. The van der Waals surface area contributed by atoms with Crippen LogP contribution in [0.1, 0.15) is 39.2 Å². The number of rotatable bonds is 6. The first-order valence-electron chi connectivity index (χ1n) is 6.24. The van der Waals surface area contributed by atoms with E-state index in [1.165, 1.54) is 5.56 Å². The molecule has 94 valence electrons. The Morgan fingerprint density at radius 3 is 2.35 bits per heavy atom. The van der Waals surface area contributed by atoms with Crippen LogP contribution in [0.5, 0.6) is 0 Å². The summed E-state index contributed by atoms with van der Waals surface area (Å²) >= 11 is 0. The smallest absolute Gasteiger partial charge is 0.309 e. The summed E-state index contributed by atoms with van der Waals surface area (Å²) in [5.74, 6) is -0.517. The van der Waals surface area contributed by atoms with Gasteiger partial charge in [0.2, 0.25) is 0 Å². The molecule has 0 bridgehead atoms. The van der Waals surface area contributed by atoms with Crippen LogP contribution in [0.25, 0.3) is 0 Å². The summed E-state index contributed by atoms with van der Waals surface area (Å²) in [6, 6.07) is 10.2. The molecule has 1 atom stereocenters. The van der Waals surface area contributed by atoms with E-state index in [2.05, 4.69) is 12.1 Å². The Hall–Kier alpha value is -1.31. The molecule has 0 aliphatic heterocycles. The Labute approximate surface area is 104 Å². The van der Waals surface area contributed by atoms with Crippen LogP contribution in [0.2, 0.25) is 0 Å². The van der Waals surface area contributed by atoms with Crippen molar-refractivity contribution >= 4 is 5.97 Å². The lowest BCUT2D eigenvalue weighted by Crippen LogP contribution is -2.33. The molecule has 0 fully saturated rings. The fourth-order valence-corrected chi connectivity index (χ4v) is 1.95. The van der Waals surface area contributed by atoms with E-state index in [0.29, 0.717) is 0 Å². The zero-order valence-electron chi connectivity index (χ0n) is 10.9. The van der Waals surface area contributed by atoms with E-state index in [9.17, 15) is 9.90 Å². The topological polar surface area (TPSA) is 37.3 Å². The highest BCUT2D eigenvalue weighted by Crippen LogP contribution is 2.33. The van der Waals surface area contributed by atoms with Crippen molar-refractivity contribution in [2.45, 2.75) is 40.0 Å². The maximum Gasteiger partial charge on any atom is 0.309 e. The van der Waals surface area contributed by atoms with Crippen molar-refractivity contribution in [3.05, 3.63) is 35.9 Å². The second-order valence-electron chi connectivity index (χ2n) is 5.22. The highest BCUT2D eigenvalue weighted by molar-refractivity contribution is 5.74. The SMILES string of the molecule is CC(C)C(C)(CCCc1ccccc1)C(=O)O. The first-order valence-corrected chi connectivity index (χ1v) is 6.24. The van der Waals surface area contributed by atoms with Crippen LogP contribution >= 0.6 is 0 Å². The van der Waals surface area contributed by atoms with Crippen molar-refractivity contribution in [2.75, 3.05) is 0 Å².